The topological polar surface area (TPSA) is 58.9 Å². The van der Waals surface area contributed by atoms with Crippen LogP contribution in [0.25, 0.3) is 0 Å². The van der Waals surface area contributed by atoms with Gasteiger partial charge in [0.1, 0.15) is 0 Å². The van der Waals surface area contributed by atoms with Gasteiger partial charge < -0.3 is 19.7 Å². The van der Waals surface area contributed by atoms with Gasteiger partial charge >= 0.3 is 0 Å². The third kappa shape index (κ3) is 11.6. The van der Waals surface area contributed by atoms with E-state index in [4.69, 9.17) is 19.7 Å². The van der Waals surface area contributed by atoms with E-state index in [9.17, 15) is 0 Å². The third-order valence-electron chi connectivity index (χ3n) is 3.80. The molecular formula is C16H34O4. The molecule has 0 aliphatic heterocycles. The zero-order chi connectivity index (χ0) is 15.5. The van der Waals surface area contributed by atoms with E-state index < -0.39 is 0 Å². The molecule has 0 saturated heterocycles. The van der Waals surface area contributed by atoms with Crippen LogP contribution in [0.15, 0.2) is 0 Å². The Morgan fingerprint density at radius 2 is 0.950 bits per heavy atom. The molecule has 0 heterocycles. The van der Waals surface area contributed by atoms with Gasteiger partial charge in [-0.1, -0.05) is 27.7 Å². The van der Waals surface area contributed by atoms with Gasteiger partial charge in [-0.2, -0.15) is 0 Å². The smallest absolute Gasteiger partial charge is 0.0700 e. The molecule has 0 amide bonds. The second kappa shape index (κ2) is 10.6. The molecule has 0 aliphatic carbocycles. The molecular weight excluding hydrogens is 256 g/mol. The van der Waals surface area contributed by atoms with Crippen molar-refractivity contribution in [2.24, 2.45) is 10.8 Å². The number of hydrogen-bond acceptors (Lipinski definition) is 4. The Balaban J connectivity index is 3.41. The molecule has 4 heteroatoms. The number of rotatable bonds is 13. The lowest BCUT2D eigenvalue weighted by atomic mass is 9.86. The summed E-state index contributed by atoms with van der Waals surface area (Å²) in [5.74, 6) is 0. The van der Waals surface area contributed by atoms with E-state index in [0.717, 1.165) is 25.7 Å². The fourth-order valence-electron chi connectivity index (χ4n) is 1.87. The van der Waals surface area contributed by atoms with Gasteiger partial charge in [0.05, 0.1) is 13.2 Å². The van der Waals surface area contributed by atoms with Crippen LogP contribution < -0.4 is 0 Å². The van der Waals surface area contributed by atoms with Gasteiger partial charge in [0.25, 0.3) is 0 Å². The van der Waals surface area contributed by atoms with Crippen LogP contribution >= 0.6 is 0 Å². The Hall–Kier alpha value is -0.160. The quantitative estimate of drug-likeness (QED) is 0.512. The van der Waals surface area contributed by atoms with Crippen LogP contribution in [0.3, 0.4) is 0 Å². The van der Waals surface area contributed by atoms with Gasteiger partial charge in [-0.15, -0.1) is 0 Å². The molecule has 0 atom stereocenters. The summed E-state index contributed by atoms with van der Waals surface area (Å²) >= 11 is 0. The molecule has 0 aromatic rings. The van der Waals surface area contributed by atoms with E-state index in [1.54, 1.807) is 0 Å². The maximum absolute atomic E-state index is 8.93. The number of aliphatic hydroxyl groups is 2. The Kier molecular flexibility index (Phi) is 10.5. The van der Waals surface area contributed by atoms with Crippen molar-refractivity contribution in [1.82, 2.24) is 0 Å². The van der Waals surface area contributed by atoms with Crippen LogP contribution in [0.2, 0.25) is 0 Å². The Morgan fingerprint density at radius 3 is 1.25 bits per heavy atom. The highest BCUT2D eigenvalue weighted by atomic mass is 16.5. The summed E-state index contributed by atoms with van der Waals surface area (Å²) in [7, 11) is 0. The molecule has 0 rings (SSSR count). The van der Waals surface area contributed by atoms with Crippen molar-refractivity contribution in [1.29, 1.82) is 0 Å². The molecule has 0 aromatic carbocycles. The largest absolute Gasteiger partial charge is 0.396 e. The van der Waals surface area contributed by atoms with Crippen LogP contribution in [0.1, 0.15) is 53.4 Å². The van der Waals surface area contributed by atoms with Gasteiger partial charge in [-0.25, -0.2) is 0 Å². The van der Waals surface area contributed by atoms with Crippen molar-refractivity contribution in [2.75, 3.05) is 39.6 Å². The first-order valence-corrected chi connectivity index (χ1v) is 7.70. The fraction of sp³-hybridized carbons (Fsp3) is 1.00. The van der Waals surface area contributed by atoms with Crippen LogP contribution in [-0.2, 0) is 9.47 Å². The number of aliphatic hydroxyl groups excluding tert-OH is 2. The lowest BCUT2D eigenvalue weighted by molar-refractivity contribution is 0.0249. The first-order chi connectivity index (χ1) is 9.33. The molecule has 4 nitrogen and oxygen atoms in total. The van der Waals surface area contributed by atoms with E-state index >= 15 is 0 Å². The molecule has 0 fully saturated rings. The van der Waals surface area contributed by atoms with Crippen molar-refractivity contribution in [3.63, 3.8) is 0 Å². The molecule has 0 aromatic heterocycles. The molecule has 0 radical (unpaired) electrons. The van der Waals surface area contributed by atoms with Crippen LogP contribution in [-0.4, -0.2) is 49.9 Å². The predicted molar refractivity (Wildman–Crippen MR) is 81.8 cm³/mol. The molecule has 0 aliphatic rings. The lowest BCUT2D eigenvalue weighted by Crippen LogP contribution is -2.18. The second-order valence-corrected chi connectivity index (χ2v) is 7.00. The first kappa shape index (κ1) is 19.8. The summed E-state index contributed by atoms with van der Waals surface area (Å²) in [6.07, 6.45) is 3.54. The Labute approximate surface area is 124 Å². The fourth-order valence-corrected chi connectivity index (χ4v) is 1.87. The predicted octanol–water partition coefficient (Wildman–Crippen LogP) is 2.62. The maximum atomic E-state index is 8.93. The summed E-state index contributed by atoms with van der Waals surface area (Å²) in [5.41, 5.74) is 0.286. The Bertz CT molecular complexity index is 203. The van der Waals surface area contributed by atoms with E-state index in [1.807, 2.05) is 0 Å². The summed E-state index contributed by atoms with van der Waals surface area (Å²) < 4.78 is 11.1. The summed E-state index contributed by atoms with van der Waals surface area (Å²) in [6.45, 7) is 11.7. The van der Waals surface area contributed by atoms with Crippen molar-refractivity contribution in [3.8, 4) is 0 Å². The SMILES string of the molecule is CC(C)(CCO)CCOCCOCCC(C)(C)CCO. The monoisotopic (exact) mass is 290 g/mol. The van der Waals surface area contributed by atoms with E-state index in [0.29, 0.717) is 26.4 Å². The summed E-state index contributed by atoms with van der Waals surface area (Å²) in [4.78, 5) is 0. The summed E-state index contributed by atoms with van der Waals surface area (Å²) in [5, 5.41) is 17.9. The highest BCUT2D eigenvalue weighted by Gasteiger charge is 2.17. The van der Waals surface area contributed by atoms with E-state index in [1.165, 1.54) is 0 Å². The zero-order valence-electron chi connectivity index (χ0n) is 13.8. The number of ether oxygens (including phenoxy) is 2. The zero-order valence-corrected chi connectivity index (χ0v) is 13.8. The first-order valence-electron chi connectivity index (χ1n) is 7.70. The molecule has 2 N–H and O–H groups in total. The minimum atomic E-state index is 0.143. The maximum Gasteiger partial charge on any atom is 0.0700 e. The van der Waals surface area contributed by atoms with Gasteiger partial charge in [-0.3, -0.25) is 0 Å². The second-order valence-electron chi connectivity index (χ2n) is 7.00. The molecule has 0 unspecified atom stereocenters. The molecule has 0 bridgehead atoms. The van der Waals surface area contributed by atoms with Crippen LogP contribution in [0.4, 0.5) is 0 Å². The lowest BCUT2D eigenvalue weighted by Gasteiger charge is -2.24. The van der Waals surface area contributed by atoms with Crippen LogP contribution in [0, 0.1) is 10.8 Å². The minimum absolute atomic E-state index is 0.143. The molecule has 0 saturated carbocycles. The highest BCUT2D eigenvalue weighted by molar-refractivity contribution is 4.68. The summed E-state index contributed by atoms with van der Waals surface area (Å²) in [6, 6.07) is 0. The minimum Gasteiger partial charge on any atom is -0.396 e. The van der Waals surface area contributed by atoms with Crippen molar-refractivity contribution in [3.05, 3.63) is 0 Å². The van der Waals surface area contributed by atoms with E-state index in [-0.39, 0.29) is 24.0 Å². The average molecular weight is 290 g/mol. The molecule has 0 spiro atoms. The van der Waals surface area contributed by atoms with Gasteiger partial charge in [-0.05, 0) is 36.5 Å². The normalized spacial score (nSPS) is 12.9. The van der Waals surface area contributed by atoms with Crippen molar-refractivity contribution >= 4 is 0 Å². The molecule has 122 valence electrons. The third-order valence-corrected chi connectivity index (χ3v) is 3.80. The highest BCUT2D eigenvalue weighted by Crippen LogP contribution is 2.25. The van der Waals surface area contributed by atoms with Crippen molar-refractivity contribution in [2.45, 2.75) is 53.4 Å². The van der Waals surface area contributed by atoms with Crippen molar-refractivity contribution < 1.29 is 19.7 Å². The number of hydrogen-bond donors (Lipinski definition) is 2. The average Bonchev–Trinajstić information content (AvgIpc) is 2.32. The molecule has 20 heavy (non-hydrogen) atoms. The van der Waals surface area contributed by atoms with Gasteiger partial charge in [0.15, 0.2) is 0 Å². The standard InChI is InChI=1S/C16H34O4/c1-15(2,5-9-17)7-11-19-13-14-20-12-8-16(3,4)6-10-18/h17-18H,5-14H2,1-4H3. The van der Waals surface area contributed by atoms with Crippen LogP contribution in [0.5, 0.6) is 0 Å². The van der Waals surface area contributed by atoms with E-state index in [2.05, 4.69) is 27.7 Å². The Morgan fingerprint density at radius 1 is 0.600 bits per heavy atom. The van der Waals surface area contributed by atoms with Gasteiger partial charge in [0.2, 0.25) is 0 Å². The van der Waals surface area contributed by atoms with Gasteiger partial charge in [0, 0.05) is 26.4 Å².